The number of carbonyl (C=O) groups is 1. The largest absolute Gasteiger partial charge is 0.303 e. The van der Waals surface area contributed by atoms with Crippen LogP contribution in [0.25, 0.3) is 0 Å². The normalized spacial score (nSPS) is 32.9. The number of hydrogen-bond donors (Lipinski definition) is 0. The minimum Gasteiger partial charge on any atom is -0.303 e. The van der Waals surface area contributed by atoms with Crippen molar-refractivity contribution in [3.63, 3.8) is 0 Å². The zero-order chi connectivity index (χ0) is 8.60. The fraction of sp³-hybridized carbons (Fsp3) is 0.273. The van der Waals surface area contributed by atoms with Crippen molar-refractivity contribution in [3.05, 3.63) is 42.8 Å². The zero-order valence-electron chi connectivity index (χ0n) is 6.86. The summed E-state index contributed by atoms with van der Waals surface area (Å²) in [6.07, 6.45) is 1.92. The molecule has 2 atom stereocenters. The molecule has 1 nitrogen and oxygen atoms in total. The lowest BCUT2D eigenvalue weighted by atomic mass is 9.96. The monoisotopic (exact) mass is 159 g/mol. The Balaban J connectivity index is 2.28. The third-order valence-electron chi connectivity index (χ3n) is 2.65. The quantitative estimate of drug-likeness (QED) is 0.603. The molecule has 1 aliphatic carbocycles. The molecule has 0 aliphatic heterocycles. The summed E-state index contributed by atoms with van der Waals surface area (Å²) in [5.74, 6) is 0.139. The van der Waals surface area contributed by atoms with Crippen LogP contribution in [0.1, 0.15) is 12.0 Å². The maximum atomic E-state index is 10.5. The molecular weight excluding hydrogens is 148 g/mol. The second kappa shape index (κ2) is 2.44. The third-order valence-corrected chi connectivity index (χ3v) is 2.65. The molecule has 0 amide bonds. The Morgan fingerprint density at radius 1 is 1.42 bits per heavy atom. The van der Waals surface area contributed by atoms with E-state index < -0.39 is 0 Å². The third kappa shape index (κ3) is 0.970. The Labute approximate surface area is 72.4 Å². The minimum atomic E-state index is -0.108. The molecule has 2 rings (SSSR count). The van der Waals surface area contributed by atoms with Gasteiger partial charge in [-0.05, 0) is 18.9 Å². The van der Waals surface area contributed by atoms with Gasteiger partial charge in [-0.3, -0.25) is 0 Å². The van der Waals surface area contributed by atoms with Crippen molar-refractivity contribution in [1.29, 1.82) is 0 Å². The Morgan fingerprint density at radius 3 is 2.58 bits per heavy atom. The average molecular weight is 159 g/mol. The van der Waals surface area contributed by atoms with Crippen LogP contribution in [0.5, 0.6) is 0 Å². The molecule has 0 unspecified atom stereocenters. The van der Waals surface area contributed by atoms with E-state index in [1.165, 1.54) is 5.56 Å². The lowest BCUT2D eigenvalue weighted by Crippen LogP contribution is -2.04. The van der Waals surface area contributed by atoms with Crippen LogP contribution in [0.15, 0.2) is 30.3 Å². The van der Waals surface area contributed by atoms with Crippen LogP contribution < -0.4 is 0 Å². The number of aldehydes is 1. The molecule has 0 bridgehead atoms. The van der Waals surface area contributed by atoms with Gasteiger partial charge < -0.3 is 4.79 Å². The van der Waals surface area contributed by atoms with Gasteiger partial charge >= 0.3 is 0 Å². The van der Waals surface area contributed by atoms with Crippen LogP contribution in [0.2, 0.25) is 0 Å². The van der Waals surface area contributed by atoms with E-state index in [1.807, 2.05) is 30.3 Å². The molecule has 1 aromatic carbocycles. The standard InChI is InChI=1S/C11H11O/c1-11(7-10(11)8-12)9-5-3-2-4-6-9/h2-6,8,10H,1,7H2/t10-,11+/m0/s1. The number of hydrogen-bond acceptors (Lipinski definition) is 1. The first kappa shape index (κ1) is 7.53. The molecule has 1 aliphatic rings. The lowest BCUT2D eigenvalue weighted by molar-refractivity contribution is -0.109. The summed E-state index contributed by atoms with van der Waals surface area (Å²) in [4.78, 5) is 10.5. The second-order valence-corrected chi connectivity index (χ2v) is 3.47. The summed E-state index contributed by atoms with van der Waals surface area (Å²) in [6.45, 7) is 4.07. The molecule has 1 heteroatoms. The van der Waals surface area contributed by atoms with Gasteiger partial charge in [-0.2, -0.15) is 0 Å². The summed E-state index contributed by atoms with van der Waals surface area (Å²) in [6, 6.07) is 10.0. The number of rotatable bonds is 2. The van der Waals surface area contributed by atoms with E-state index in [9.17, 15) is 4.79 Å². The van der Waals surface area contributed by atoms with Crippen LogP contribution in [0.3, 0.4) is 0 Å². The molecule has 1 aromatic rings. The van der Waals surface area contributed by atoms with E-state index in [0.29, 0.717) is 0 Å². The summed E-state index contributed by atoms with van der Waals surface area (Å²) >= 11 is 0. The average Bonchev–Trinajstić information content (AvgIpc) is 2.81. The van der Waals surface area contributed by atoms with Crippen LogP contribution in [0.4, 0.5) is 0 Å². The maximum Gasteiger partial charge on any atom is 0.123 e. The van der Waals surface area contributed by atoms with Gasteiger partial charge in [-0.25, -0.2) is 0 Å². The van der Waals surface area contributed by atoms with E-state index in [1.54, 1.807) is 0 Å². The van der Waals surface area contributed by atoms with E-state index >= 15 is 0 Å². The van der Waals surface area contributed by atoms with Crippen molar-refractivity contribution < 1.29 is 4.79 Å². The fourth-order valence-corrected chi connectivity index (χ4v) is 1.61. The van der Waals surface area contributed by atoms with E-state index in [4.69, 9.17) is 0 Å². The molecule has 1 fully saturated rings. The van der Waals surface area contributed by atoms with Crippen LogP contribution in [-0.2, 0) is 10.2 Å². The van der Waals surface area contributed by atoms with Crippen LogP contribution >= 0.6 is 0 Å². The van der Waals surface area contributed by atoms with E-state index in [0.717, 1.165) is 12.7 Å². The molecule has 0 aromatic heterocycles. The molecular formula is C11H11O. The molecule has 1 radical (unpaired) electrons. The van der Waals surface area contributed by atoms with Gasteiger partial charge in [0.1, 0.15) is 6.29 Å². The van der Waals surface area contributed by atoms with Gasteiger partial charge in [0.15, 0.2) is 0 Å². The van der Waals surface area contributed by atoms with Gasteiger partial charge in [0.25, 0.3) is 0 Å². The van der Waals surface area contributed by atoms with Crippen molar-refractivity contribution >= 4 is 6.29 Å². The summed E-state index contributed by atoms with van der Waals surface area (Å²) in [7, 11) is 0. The summed E-state index contributed by atoms with van der Waals surface area (Å²) < 4.78 is 0. The van der Waals surface area contributed by atoms with Gasteiger partial charge in [0.2, 0.25) is 0 Å². The molecule has 1 saturated carbocycles. The van der Waals surface area contributed by atoms with Gasteiger partial charge in [-0.1, -0.05) is 30.3 Å². The first-order valence-electron chi connectivity index (χ1n) is 4.13. The molecule has 61 valence electrons. The molecule has 0 spiro atoms. The van der Waals surface area contributed by atoms with Gasteiger partial charge in [-0.15, -0.1) is 0 Å². The lowest BCUT2D eigenvalue weighted by Gasteiger charge is -2.07. The highest BCUT2D eigenvalue weighted by molar-refractivity contribution is 5.65. The van der Waals surface area contributed by atoms with Crippen molar-refractivity contribution in [3.8, 4) is 0 Å². The minimum absolute atomic E-state index is 0.108. The Morgan fingerprint density at radius 2 is 2.08 bits per heavy atom. The summed E-state index contributed by atoms with van der Waals surface area (Å²) in [5.41, 5.74) is 1.07. The Bertz CT molecular complexity index is 291. The molecule has 0 heterocycles. The predicted molar refractivity (Wildman–Crippen MR) is 47.6 cm³/mol. The molecule has 12 heavy (non-hydrogen) atoms. The van der Waals surface area contributed by atoms with Crippen LogP contribution in [-0.4, -0.2) is 6.29 Å². The zero-order valence-corrected chi connectivity index (χ0v) is 6.86. The van der Waals surface area contributed by atoms with Gasteiger partial charge in [0, 0.05) is 11.3 Å². The predicted octanol–water partition coefficient (Wildman–Crippen LogP) is 1.98. The van der Waals surface area contributed by atoms with Crippen molar-refractivity contribution in [2.45, 2.75) is 11.8 Å². The molecule has 0 N–H and O–H groups in total. The van der Waals surface area contributed by atoms with E-state index in [-0.39, 0.29) is 11.3 Å². The van der Waals surface area contributed by atoms with Crippen molar-refractivity contribution in [2.24, 2.45) is 5.92 Å². The Hall–Kier alpha value is -1.11. The highest BCUT2D eigenvalue weighted by atomic mass is 16.1. The SMILES string of the molecule is [CH2][C@]1(c2ccccc2)C[C@H]1C=O. The van der Waals surface area contributed by atoms with Crippen molar-refractivity contribution in [1.82, 2.24) is 0 Å². The van der Waals surface area contributed by atoms with Crippen LogP contribution in [0, 0.1) is 12.8 Å². The van der Waals surface area contributed by atoms with Crippen molar-refractivity contribution in [2.75, 3.05) is 0 Å². The first-order chi connectivity index (χ1) is 5.77. The summed E-state index contributed by atoms with van der Waals surface area (Å²) in [5, 5.41) is 0. The maximum absolute atomic E-state index is 10.5. The number of benzene rings is 1. The first-order valence-corrected chi connectivity index (χ1v) is 4.13. The number of carbonyl (C=O) groups excluding carboxylic acids is 1. The fourth-order valence-electron chi connectivity index (χ4n) is 1.61. The Kier molecular flexibility index (Phi) is 1.53. The topological polar surface area (TPSA) is 17.1 Å². The highest BCUT2D eigenvalue weighted by Gasteiger charge is 2.51. The highest BCUT2D eigenvalue weighted by Crippen LogP contribution is 2.52. The molecule has 0 saturated heterocycles. The van der Waals surface area contributed by atoms with E-state index in [2.05, 4.69) is 6.92 Å². The second-order valence-electron chi connectivity index (χ2n) is 3.47. The van der Waals surface area contributed by atoms with Gasteiger partial charge in [0.05, 0.1) is 0 Å². The smallest absolute Gasteiger partial charge is 0.123 e.